The van der Waals surface area contributed by atoms with Gasteiger partial charge in [-0.25, -0.2) is 9.97 Å². The number of hydrogen-bond acceptors (Lipinski definition) is 3. The number of rotatable bonds is 3. The van der Waals surface area contributed by atoms with Crippen LogP contribution in [0.3, 0.4) is 0 Å². The molecule has 2 aromatic heterocycles. The molecule has 0 spiro atoms. The molecule has 0 aliphatic heterocycles. The molecule has 2 heterocycles. The fourth-order valence-corrected chi connectivity index (χ4v) is 2.23. The minimum absolute atomic E-state index is 0.429. The van der Waals surface area contributed by atoms with Gasteiger partial charge >= 0.3 is 0 Å². The van der Waals surface area contributed by atoms with E-state index in [9.17, 15) is 0 Å². The molecule has 0 fully saturated rings. The SMILES string of the molecule is CC(Br)CN(C)c1nccc2c1ncn2C. The molecule has 0 aromatic carbocycles. The first kappa shape index (κ1) is 11.4. The van der Waals surface area contributed by atoms with Gasteiger partial charge in [0.05, 0.1) is 11.8 Å². The Labute approximate surface area is 103 Å². The highest BCUT2D eigenvalue weighted by atomic mass is 79.9. The molecule has 0 amide bonds. The Kier molecular flexibility index (Phi) is 3.14. The Bertz CT molecular complexity index is 492. The van der Waals surface area contributed by atoms with Crippen molar-refractivity contribution in [3.05, 3.63) is 18.6 Å². The zero-order chi connectivity index (χ0) is 11.7. The molecule has 0 N–H and O–H groups in total. The maximum Gasteiger partial charge on any atom is 0.156 e. The lowest BCUT2D eigenvalue weighted by molar-refractivity contribution is 0.864. The summed E-state index contributed by atoms with van der Waals surface area (Å²) < 4.78 is 2.01. The van der Waals surface area contributed by atoms with Gasteiger partial charge in [0.2, 0.25) is 0 Å². The highest BCUT2D eigenvalue weighted by Gasteiger charge is 2.12. The molecule has 86 valence electrons. The van der Waals surface area contributed by atoms with Crippen LogP contribution in [0.4, 0.5) is 5.82 Å². The van der Waals surface area contributed by atoms with Crippen molar-refractivity contribution in [3.8, 4) is 0 Å². The number of alkyl halides is 1. The largest absolute Gasteiger partial charge is 0.357 e. The Balaban J connectivity index is 2.44. The number of aromatic nitrogens is 3. The van der Waals surface area contributed by atoms with Gasteiger partial charge in [0.1, 0.15) is 5.52 Å². The van der Waals surface area contributed by atoms with Crippen LogP contribution in [-0.4, -0.2) is 33.0 Å². The van der Waals surface area contributed by atoms with Gasteiger partial charge in [-0.1, -0.05) is 22.9 Å². The van der Waals surface area contributed by atoms with E-state index < -0.39 is 0 Å². The number of nitrogens with zero attached hydrogens (tertiary/aromatic N) is 4. The number of imidazole rings is 1. The van der Waals surface area contributed by atoms with Crippen LogP contribution < -0.4 is 4.90 Å². The molecule has 0 radical (unpaired) electrons. The van der Waals surface area contributed by atoms with Crippen LogP contribution in [0.25, 0.3) is 11.0 Å². The number of halogens is 1. The zero-order valence-electron chi connectivity index (χ0n) is 9.68. The summed E-state index contributed by atoms with van der Waals surface area (Å²) in [5.74, 6) is 0.935. The summed E-state index contributed by atoms with van der Waals surface area (Å²) in [6.45, 7) is 3.03. The predicted molar refractivity (Wildman–Crippen MR) is 70.2 cm³/mol. The van der Waals surface area contributed by atoms with Gasteiger partial charge in [0.15, 0.2) is 5.82 Å². The fraction of sp³-hybridized carbons (Fsp3) is 0.455. The second-order valence-electron chi connectivity index (χ2n) is 4.02. The van der Waals surface area contributed by atoms with Crippen molar-refractivity contribution in [3.63, 3.8) is 0 Å². The van der Waals surface area contributed by atoms with E-state index in [4.69, 9.17) is 0 Å². The van der Waals surface area contributed by atoms with E-state index in [-0.39, 0.29) is 0 Å². The van der Waals surface area contributed by atoms with E-state index in [1.54, 1.807) is 0 Å². The Morgan fingerprint density at radius 2 is 2.25 bits per heavy atom. The van der Waals surface area contributed by atoms with E-state index in [0.717, 1.165) is 23.4 Å². The van der Waals surface area contributed by atoms with Crippen LogP contribution in [0.15, 0.2) is 18.6 Å². The van der Waals surface area contributed by atoms with Crippen LogP contribution in [0, 0.1) is 0 Å². The summed E-state index contributed by atoms with van der Waals surface area (Å²) in [6.07, 6.45) is 3.65. The molecule has 0 bridgehead atoms. The molecule has 0 saturated carbocycles. The first-order valence-corrected chi connectivity index (χ1v) is 6.12. The van der Waals surface area contributed by atoms with Crippen molar-refractivity contribution in [2.24, 2.45) is 7.05 Å². The fourth-order valence-electron chi connectivity index (χ4n) is 1.79. The quantitative estimate of drug-likeness (QED) is 0.810. The minimum Gasteiger partial charge on any atom is -0.357 e. The number of anilines is 1. The monoisotopic (exact) mass is 282 g/mol. The maximum absolute atomic E-state index is 4.40. The lowest BCUT2D eigenvalue weighted by Gasteiger charge is -2.19. The minimum atomic E-state index is 0.429. The van der Waals surface area contributed by atoms with E-state index >= 15 is 0 Å². The van der Waals surface area contributed by atoms with Gasteiger partial charge in [0, 0.05) is 31.7 Å². The van der Waals surface area contributed by atoms with Gasteiger partial charge in [-0.15, -0.1) is 0 Å². The average Bonchev–Trinajstić information content (AvgIpc) is 2.59. The molecule has 16 heavy (non-hydrogen) atoms. The second kappa shape index (κ2) is 4.41. The third-order valence-corrected chi connectivity index (χ3v) is 2.80. The van der Waals surface area contributed by atoms with E-state index in [1.165, 1.54) is 0 Å². The molecule has 0 aliphatic carbocycles. The van der Waals surface area contributed by atoms with Crippen molar-refractivity contribution in [2.45, 2.75) is 11.8 Å². The summed E-state index contributed by atoms with van der Waals surface area (Å²) in [6, 6.07) is 1.98. The van der Waals surface area contributed by atoms with Crippen LogP contribution in [0.1, 0.15) is 6.92 Å². The molecule has 5 heteroatoms. The molecule has 0 saturated heterocycles. The van der Waals surface area contributed by atoms with Crippen LogP contribution >= 0.6 is 15.9 Å². The van der Waals surface area contributed by atoms with Crippen molar-refractivity contribution in [2.75, 3.05) is 18.5 Å². The molecule has 1 unspecified atom stereocenters. The Hall–Kier alpha value is -1.10. The van der Waals surface area contributed by atoms with Gasteiger partial charge in [-0.2, -0.15) is 0 Å². The first-order valence-electron chi connectivity index (χ1n) is 5.21. The van der Waals surface area contributed by atoms with Crippen LogP contribution in [0.5, 0.6) is 0 Å². The summed E-state index contributed by atoms with van der Waals surface area (Å²) in [4.78, 5) is 11.3. The Morgan fingerprint density at radius 1 is 1.50 bits per heavy atom. The van der Waals surface area contributed by atoms with Crippen molar-refractivity contribution in [1.82, 2.24) is 14.5 Å². The summed E-state index contributed by atoms with van der Waals surface area (Å²) in [5, 5.41) is 0. The summed E-state index contributed by atoms with van der Waals surface area (Å²) >= 11 is 3.55. The molecule has 4 nitrogen and oxygen atoms in total. The van der Waals surface area contributed by atoms with E-state index in [2.05, 4.69) is 37.7 Å². The topological polar surface area (TPSA) is 34.0 Å². The molecule has 2 aromatic rings. The van der Waals surface area contributed by atoms with Gasteiger partial charge in [-0.3, -0.25) is 0 Å². The van der Waals surface area contributed by atoms with E-state index in [0.29, 0.717) is 4.83 Å². The molecule has 1 atom stereocenters. The van der Waals surface area contributed by atoms with Crippen LogP contribution in [-0.2, 0) is 7.05 Å². The zero-order valence-corrected chi connectivity index (χ0v) is 11.3. The normalized spacial score (nSPS) is 13.0. The summed E-state index contributed by atoms with van der Waals surface area (Å²) in [7, 11) is 4.03. The Morgan fingerprint density at radius 3 is 2.94 bits per heavy atom. The third kappa shape index (κ3) is 2.04. The first-order chi connectivity index (χ1) is 7.59. The lowest BCUT2D eigenvalue weighted by Crippen LogP contribution is -2.25. The molecule has 2 rings (SSSR count). The number of pyridine rings is 1. The third-order valence-electron chi connectivity index (χ3n) is 2.51. The van der Waals surface area contributed by atoms with Crippen molar-refractivity contribution >= 4 is 32.8 Å². The van der Waals surface area contributed by atoms with Gasteiger partial charge in [0.25, 0.3) is 0 Å². The number of aryl methyl sites for hydroxylation is 1. The second-order valence-corrected chi connectivity index (χ2v) is 5.58. The standard InChI is InChI=1S/C11H15BrN4/c1-8(12)6-15(2)11-10-9(4-5-13-11)16(3)7-14-10/h4-5,7-8H,6H2,1-3H3. The van der Waals surface area contributed by atoms with Gasteiger partial charge in [-0.05, 0) is 6.07 Å². The van der Waals surface area contributed by atoms with Crippen molar-refractivity contribution < 1.29 is 0 Å². The number of hydrogen-bond donors (Lipinski definition) is 0. The smallest absolute Gasteiger partial charge is 0.156 e. The highest BCUT2D eigenvalue weighted by molar-refractivity contribution is 9.09. The molecule has 0 aliphatic rings. The average molecular weight is 283 g/mol. The maximum atomic E-state index is 4.40. The van der Waals surface area contributed by atoms with E-state index in [1.807, 2.05) is 37.3 Å². The van der Waals surface area contributed by atoms with Crippen LogP contribution in [0.2, 0.25) is 0 Å². The highest BCUT2D eigenvalue weighted by Crippen LogP contribution is 2.22. The molecular weight excluding hydrogens is 268 g/mol. The van der Waals surface area contributed by atoms with Crippen molar-refractivity contribution in [1.29, 1.82) is 0 Å². The predicted octanol–water partition coefficient (Wildman–Crippen LogP) is 2.19. The summed E-state index contributed by atoms with van der Waals surface area (Å²) in [5.41, 5.74) is 2.07. The van der Waals surface area contributed by atoms with Gasteiger partial charge < -0.3 is 9.47 Å². The number of fused-ring (bicyclic) bond motifs is 1. The lowest BCUT2D eigenvalue weighted by atomic mass is 10.3. The molecular formula is C11H15BrN4.